The van der Waals surface area contributed by atoms with Gasteiger partial charge in [0, 0.05) is 25.2 Å². The summed E-state index contributed by atoms with van der Waals surface area (Å²) in [6, 6.07) is 3.74. The van der Waals surface area contributed by atoms with Gasteiger partial charge in [-0.3, -0.25) is 4.79 Å². The van der Waals surface area contributed by atoms with Crippen LogP contribution in [0.25, 0.3) is 5.65 Å². The molecule has 3 rings (SSSR count). The zero-order valence-electron chi connectivity index (χ0n) is 8.13. The second kappa shape index (κ2) is 3.05. The van der Waals surface area contributed by atoms with Gasteiger partial charge < -0.3 is 4.90 Å². The molecule has 0 atom stereocenters. The van der Waals surface area contributed by atoms with Gasteiger partial charge in [0.15, 0.2) is 11.4 Å². The van der Waals surface area contributed by atoms with Crippen molar-refractivity contribution >= 4 is 17.2 Å². The van der Waals surface area contributed by atoms with Gasteiger partial charge in [0.05, 0.1) is 12.7 Å². The lowest BCUT2D eigenvalue weighted by molar-refractivity contribution is -0.116. The minimum atomic E-state index is 0.283. The van der Waals surface area contributed by atoms with Crippen LogP contribution in [0.4, 0.5) is 5.82 Å². The summed E-state index contributed by atoms with van der Waals surface area (Å²) in [6.45, 7) is 1.26. The number of ketones is 1. The molecule has 5 nitrogen and oxygen atoms in total. The molecule has 5 heteroatoms. The summed E-state index contributed by atoms with van der Waals surface area (Å²) in [5.41, 5.74) is 0.812. The summed E-state index contributed by atoms with van der Waals surface area (Å²) in [6.07, 6.45) is 4.20. The maximum absolute atomic E-state index is 11.2. The number of carbonyl (C=O) groups excluding carboxylic acids is 1. The van der Waals surface area contributed by atoms with Crippen LogP contribution in [-0.4, -0.2) is 33.5 Å². The van der Waals surface area contributed by atoms with E-state index >= 15 is 0 Å². The highest BCUT2D eigenvalue weighted by Gasteiger charge is 2.20. The quantitative estimate of drug-likeness (QED) is 0.676. The normalized spacial score (nSPS) is 16.5. The monoisotopic (exact) mass is 202 g/mol. The van der Waals surface area contributed by atoms with E-state index in [1.54, 1.807) is 10.7 Å². The zero-order valence-corrected chi connectivity index (χ0v) is 8.13. The Balaban J connectivity index is 2.00. The largest absolute Gasteiger partial charge is 0.349 e. The molecular weight excluding hydrogens is 192 g/mol. The second-order valence-corrected chi connectivity index (χ2v) is 3.63. The summed E-state index contributed by atoms with van der Waals surface area (Å²) in [5, 5.41) is 4.07. The molecule has 0 N–H and O–H groups in total. The number of Topliss-reactive ketones (excluding diaryl/α,β-unsaturated/α-hetero) is 1. The number of fused-ring (bicyclic) bond motifs is 1. The van der Waals surface area contributed by atoms with Crippen molar-refractivity contribution in [2.45, 2.75) is 6.42 Å². The molecule has 1 aliphatic rings. The van der Waals surface area contributed by atoms with Crippen molar-refractivity contribution in [1.29, 1.82) is 0 Å². The highest BCUT2D eigenvalue weighted by molar-refractivity contribution is 5.86. The lowest BCUT2D eigenvalue weighted by atomic mass is 10.4. The van der Waals surface area contributed by atoms with Crippen LogP contribution in [0, 0.1) is 0 Å². The summed E-state index contributed by atoms with van der Waals surface area (Å²) < 4.78 is 1.71. The van der Waals surface area contributed by atoms with E-state index < -0.39 is 0 Å². The summed E-state index contributed by atoms with van der Waals surface area (Å²) in [5.74, 6) is 1.14. The van der Waals surface area contributed by atoms with Crippen LogP contribution in [0.15, 0.2) is 24.5 Å². The van der Waals surface area contributed by atoms with Gasteiger partial charge in [-0.15, -0.1) is 0 Å². The van der Waals surface area contributed by atoms with Gasteiger partial charge in [0.25, 0.3) is 0 Å². The molecule has 2 aromatic rings. The molecule has 0 radical (unpaired) electrons. The third-order valence-electron chi connectivity index (χ3n) is 2.60. The number of hydrogen-bond acceptors (Lipinski definition) is 4. The van der Waals surface area contributed by atoms with E-state index in [-0.39, 0.29) is 5.78 Å². The topological polar surface area (TPSA) is 50.5 Å². The molecule has 0 bridgehead atoms. The van der Waals surface area contributed by atoms with Crippen molar-refractivity contribution in [3.63, 3.8) is 0 Å². The van der Waals surface area contributed by atoms with E-state index in [9.17, 15) is 4.79 Å². The molecule has 0 aromatic carbocycles. The molecule has 0 saturated carbocycles. The van der Waals surface area contributed by atoms with Crippen LogP contribution in [0.1, 0.15) is 6.42 Å². The van der Waals surface area contributed by atoms with Gasteiger partial charge in [-0.1, -0.05) is 0 Å². The molecule has 0 aliphatic carbocycles. The number of nitrogens with zero attached hydrogens (tertiary/aromatic N) is 4. The van der Waals surface area contributed by atoms with Gasteiger partial charge >= 0.3 is 0 Å². The highest BCUT2D eigenvalue weighted by Crippen LogP contribution is 2.16. The smallest absolute Gasteiger partial charge is 0.157 e. The second-order valence-electron chi connectivity index (χ2n) is 3.63. The first kappa shape index (κ1) is 8.40. The summed E-state index contributed by atoms with van der Waals surface area (Å²) >= 11 is 0. The SMILES string of the molecule is O=C1CCN(c2ccn3nccc3n2)C1. The van der Waals surface area contributed by atoms with E-state index in [2.05, 4.69) is 10.1 Å². The Morgan fingerprint density at radius 3 is 3.07 bits per heavy atom. The number of rotatable bonds is 1. The zero-order chi connectivity index (χ0) is 10.3. The van der Waals surface area contributed by atoms with Gasteiger partial charge in [-0.05, 0) is 6.07 Å². The van der Waals surface area contributed by atoms with Crippen molar-refractivity contribution in [3.05, 3.63) is 24.5 Å². The van der Waals surface area contributed by atoms with Crippen molar-refractivity contribution < 1.29 is 4.79 Å². The minimum absolute atomic E-state index is 0.283. The van der Waals surface area contributed by atoms with Crippen LogP contribution < -0.4 is 4.90 Å². The fraction of sp³-hybridized carbons (Fsp3) is 0.300. The molecule has 1 saturated heterocycles. The van der Waals surface area contributed by atoms with Crippen LogP contribution in [0.3, 0.4) is 0 Å². The van der Waals surface area contributed by atoms with E-state index in [1.165, 1.54) is 0 Å². The molecule has 15 heavy (non-hydrogen) atoms. The lowest BCUT2D eigenvalue weighted by Gasteiger charge is -2.14. The summed E-state index contributed by atoms with van der Waals surface area (Å²) in [7, 11) is 0. The van der Waals surface area contributed by atoms with Gasteiger partial charge in [0.2, 0.25) is 0 Å². The highest BCUT2D eigenvalue weighted by atomic mass is 16.1. The van der Waals surface area contributed by atoms with Crippen LogP contribution in [-0.2, 0) is 4.79 Å². The van der Waals surface area contributed by atoms with Crippen LogP contribution in [0.2, 0.25) is 0 Å². The third kappa shape index (κ3) is 1.36. The average Bonchev–Trinajstić information content (AvgIpc) is 2.84. The lowest BCUT2D eigenvalue weighted by Crippen LogP contribution is -2.20. The fourth-order valence-electron chi connectivity index (χ4n) is 1.80. The molecule has 76 valence electrons. The maximum atomic E-state index is 11.2. The van der Waals surface area contributed by atoms with Gasteiger partial charge in [0.1, 0.15) is 5.82 Å². The molecule has 1 aliphatic heterocycles. The Bertz CT molecular complexity index is 519. The Hall–Kier alpha value is -1.91. The predicted molar refractivity (Wildman–Crippen MR) is 54.8 cm³/mol. The maximum Gasteiger partial charge on any atom is 0.157 e. The Kier molecular flexibility index (Phi) is 1.71. The Morgan fingerprint density at radius 2 is 2.27 bits per heavy atom. The first-order valence-corrected chi connectivity index (χ1v) is 4.90. The average molecular weight is 202 g/mol. The van der Waals surface area contributed by atoms with Crippen molar-refractivity contribution in [2.75, 3.05) is 18.0 Å². The van der Waals surface area contributed by atoms with Crippen molar-refractivity contribution in [1.82, 2.24) is 14.6 Å². The van der Waals surface area contributed by atoms with E-state index in [0.29, 0.717) is 13.0 Å². The fourth-order valence-corrected chi connectivity index (χ4v) is 1.80. The van der Waals surface area contributed by atoms with E-state index in [1.807, 2.05) is 23.2 Å². The first-order valence-electron chi connectivity index (χ1n) is 4.90. The van der Waals surface area contributed by atoms with E-state index in [4.69, 9.17) is 0 Å². The number of hydrogen-bond donors (Lipinski definition) is 0. The predicted octanol–water partition coefficient (Wildman–Crippen LogP) is 0.508. The van der Waals surface area contributed by atoms with Gasteiger partial charge in [-0.25, -0.2) is 9.50 Å². The Morgan fingerprint density at radius 1 is 1.33 bits per heavy atom. The number of carbonyl (C=O) groups is 1. The third-order valence-corrected chi connectivity index (χ3v) is 2.60. The first-order chi connectivity index (χ1) is 7.33. The number of anilines is 1. The standard InChI is InChI=1S/C10H10N4O/c15-8-2-5-13(7-8)9-3-6-14-10(12-9)1-4-11-14/h1,3-4,6H,2,5,7H2. The van der Waals surface area contributed by atoms with Crippen LogP contribution in [0.5, 0.6) is 0 Å². The number of aromatic nitrogens is 3. The molecule has 3 heterocycles. The van der Waals surface area contributed by atoms with Gasteiger partial charge in [-0.2, -0.15) is 5.10 Å². The van der Waals surface area contributed by atoms with Crippen molar-refractivity contribution in [2.24, 2.45) is 0 Å². The van der Waals surface area contributed by atoms with Crippen molar-refractivity contribution in [3.8, 4) is 0 Å². The molecule has 0 amide bonds. The summed E-state index contributed by atoms with van der Waals surface area (Å²) in [4.78, 5) is 17.6. The van der Waals surface area contributed by atoms with E-state index in [0.717, 1.165) is 18.0 Å². The Labute approximate surface area is 86.3 Å². The minimum Gasteiger partial charge on any atom is -0.349 e. The molecule has 2 aromatic heterocycles. The molecular formula is C10H10N4O. The van der Waals surface area contributed by atoms with Crippen LogP contribution >= 0.6 is 0 Å². The molecule has 0 unspecified atom stereocenters. The molecule has 0 spiro atoms. The molecule has 1 fully saturated rings.